The molecule has 4 nitrogen and oxygen atoms in total. The van der Waals surface area contributed by atoms with Gasteiger partial charge in [0.1, 0.15) is 5.82 Å². The zero-order valence-corrected chi connectivity index (χ0v) is 9.64. The molecule has 1 heterocycles. The van der Waals surface area contributed by atoms with Crippen LogP contribution in [0.15, 0.2) is 24.3 Å². The van der Waals surface area contributed by atoms with Crippen LogP contribution in [-0.4, -0.2) is 27.3 Å². The standard InChI is InChI=1S/C12H17N3O/c1-9(8-16)13-7-12-14-10-5-3-4-6-11(10)15(12)2/h3-6,9,13,16H,7-8H2,1-2H3/t9-/m1/s1. The first-order chi connectivity index (χ1) is 7.72. The molecule has 0 amide bonds. The number of para-hydroxylation sites is 2. The second-order valence-corrected chi connectivity index (χ2v) is 4.04. The lowest BCUT2D eigenvalue weighted by Gasteiger charge is -2.10. The van der Waals surface area contributed by atoms with Gasteiger partial charge in [-0.1, -0.05) is 12.1 Å². The van der Waals surface area contributed by atoms with Gasteiger partial charge in [-0.3, -0.25) is 0 Å². The molecule has 1 aromatic carbocycles. The van der Waals surface area contributed by atoms with Gasteiger partial charge < -0.3 is 15.0 Å². The number of aryl methyl sites for hydroxylation is 1. The maximum absolute atomic E-state index is 8.93. The number of hydrogen-bond acceptors (Lipinski definition) is 3. The molecular weight excluding hydrogens is 202 g/mol. The highest BCUT2D eigenvalue weighted by molar-refractivity contribution is 5.75. The van der Waals surface area contributed by atoms with Crippen molar-refractivity contribution >= 4 is 11.0 Å². The molecule has 1 atom stereocenters. The van der Waals surface area contributed by atoms with E-state index in [0.717, 1.165) is 16.9 Å². The van der Waals surface area contributed by atoms with E-state index in [9.17, 15) is 0 Å². The van der Waals surface area contributed by atoms with Crippen LogP contribution in [0.3, 0.4) is 0 Å². The zero-order valence-electron chi connectivity index (χ0n) is 9.64. The normalized spacial score (nSPS) is 13.2. The van der Waals surface area contributed by atoms with E-state index in [1.165, 1.54) is 0 Å². The Morgan fingerprint density at radius 3 is 2.88 bits per heavy atom. The summed E-state index contributed by atoms with van der Waals surface area (Å²) >= 11 is 0. The third-order valence-corrected chi connectivity index (χ3v) is 2.76. The van der Waals surface area contributed by atoms with Gasteiger partial charge in [0.25, 0.3) is 0 Å². The van der Waals surface area contributed by atoms with Crippen molar-refractivity contribution in [1.82, 2.24) is 14.9 Å². The molecule has 4 heteroatoms. The molecule has 0 fully saturated rings. The van der Waals surface area contributed by atoms with E-state index in [1.807, 2.05) is 32.2 Å². The fourth-order valence-corrected chi connectivity index (χ4v) is 1.68. The molecule has 2 aromatic rings. The van der Waals surface area contributed by atoms with Crippen molar-refractivity contribution in [3.8, 4) is 0 Å². The Hall–Kier alpha value is -1.39. The summed E-state index contributed by atoms with van der Waals surface area (Å²) in [5.41, 5.74) is 2.15. The Balaban J connectivity index is 2.21. The molecule has 0 unspecified atom stereocenters. The lowest BCUT2D eigenvalue weighted by Crippen LogP contribution is -2.29. The van der Waals surface area contributed by atoms with Crippen LogP contribution >= 0.6 is 0 Å². The van der Waals surface area contributed by atoms with E-state index in [2.05, 4.69) is 20.9 Å². The topological polar surface area (TPSA) is 50.1 Å². The van der Waals surface area contributed by atoms with Crippen LogP contribution in [0.2, 0.25) is 0 Å². The van der Waals surface area contributed by atoms with E-state index in [1.54, 1.807) is 0 Å². The number of aliphatic hydroxyl groups excluding tert-OH is 1. The summed E-state index contributed by atoms with van der Waals surface area (Å²) in [7, 11) is 2.01. The Morgan fingerprint density at radius 1 is 1.44 bits per heavy atom. The van der Waals surface area contributed by atoms with Crippen LogP contribution in [0.1, 0.15) is 12.7 Å². The smallest absolute Gasteiger partial charge is 0.123 e. The van der Waals surface area contributed by atoms with E-state index in [-0.39, 0.29) is 12.6 Å². The predicted molar refractivity (Wildman–Crippen MR) is 64.1 cm³/mol. The summed E-state index contributed by atoms with van der Waals surface area (Å²) in [4.78, 5) is 4.54. The predicted octanol–water partition coefficient (Wildman–Crippen LogP) is 1.04. The van der Waals surface area contributed by atoms with E-state index in [0.29, 0.717) is 6.54 Å². The van der Waals surface area contributed by atoms with Crippen molar-refractivity contribution in [3.05, 3.63) is 30.1 Å². The summed E-state index contributed by atoms with van der Waals surface area (Å²) in [5, 5.41) is 12.1. The first-order valence-corrected chi connectivity index (χ1v) is 5.47. The van der Waals surface area contributed by atoms with Gasteiger partial charge in [0.2, 0.25) is 0 Å². The van der Waals surface area contributed by atoms with Crippen molar-refractivity contribution in [2.75, 3.05) is 6.61 Å². The fraction of sp³-hybridized carbons (Fsp3) is 0.417. The Labute approximate surface area is 94.9 Å². The SMILES string of the molecule is C[C@H](CO)NCc1nc2ccccc2n1C. The highest BCUT2D eigenvalue weighted by atomic mass is 16.3. The number of aliphatic hydroxyl groups is 1. The average Bonchev–Trinajstić information content (AvgIpc) is 2.64. The fourth-order valence-electron chi connectivity index (χ4n) is 1.68. The van der Waals surface area contributed by atoms with Crippen molar-refractivity contribution in [2.24, 2.45) is 7.05 Å². The summed E-state index contributed by atoms with van der Waals surface area (Å²) in [6, 6.07) is 8.16. The monoisotopic (exact) mass is 219 g/mol. The van der Waals surface area contributed by atoms with E-state index < -0.39 is 0 Å². The van der Waals surface area contributed by atoms with E-state index in [4.69, 9.17) is 5.11 Å². The minimum absolute atomic E-state index is 0.0970. The van der Waals surface area contributed by atoms with E-state index >= 15 is 0 Å². The third kappa shape index (κ3) is 2.08. The molecule has 16 heavy (non-hydrogen) atoms. The van der Waals surface area contributed by atoms with Gasteiger partial charge in [-0.15, -0.1) is 0 Å². The lowest BCUT2D eigenvalue weighted by molar-refractivity contribution is 0.250. The van der Waals surface area contributed by atoms with Crippen LogP contribution in [0, 0.1) is 0 Å². The largest absolute Gasteiger partial charge is 0.395 e. The molecule has 86 valence electrons. The molecule has 0 radical (unpaired) electrons. The minimum Gasteiger partial charge on any atom is -0.395 e. The second kappa shape index (κ2) is 4.63. The number of aromatic nitrogens is 2. The molecule has 0 aliphatic carbocycles. The Morgan fingerprint density at radius 2 is 2.19 bits per heavy atom. The van der Waals surface area contributed by atoms with Gasteiger partial charge >= 0.3 is 0 Å². The highest BCUT2D eigenvalue weighted by Crippen LogP contribution is 2.13. The number of hydrogen-bond donors (Lipinski definition) is 2. The molecule has 0 spiro atoms. The summed E-state index contributed by atoms with van der Waals surface area (Å²) in [6.45, 7) is 2.76. The number of rotatable bonds is 4. The van der Waals surface area contributed by atoms with Crippen molar-refractivity contribution in [3.63, 3.8) is 0 Å². The number of nitrogens with one attached hydrogen (secondary N) is 1. The van der Waals surface area contributed by atoms with Crippen molar-refractivity contribution in [2.45, 2.75) is 19.5 Å². The first-order valence-electron chi connectivity index (χ1n) is 5.47. The van der Waals surface area contributed by atoms with Gasteiger partial charge in [0, 0.05) is 13.1 Å². The number of benzene rings is 1. The summed E-state index contributed by atoms with van der Waals surface area (Å²) in [5.74, 6) is 0.988. The number of imidazole rings is 1. The van der Waals surface area contributed by atoms with Crippen LogP contribution in [-0.2, 0) is 13.6 Å². The molecule has 2 N–H and O–H groups in total. The Bertz CT molecular complexity index is 478. The van der Waals surface area contributed by atoms with Gasteiger partial charge in [0.05, 0.1) is 24.2 Å². The summed E-state index contributed by atoms with van der Waals surface area (Å²) < 4.78 is 2.08. The van der Waals surface area contributed by atoms with Crippen molar-refractivity contribution < 1.29 is 5.11 Å². The average molecular weight is 219 g/mol. The lowest BCUT2D eigenvalue weighted by atomic mass is 10.3. The first kappa shape index (κ1) is 11.1. The molecule has 0 aliphatic rings. The van der Waals surface area contributed by atoms with Gasteiger partial charge in [-0.2, -0.15) is 0 Å². The maximum atomic E-state index is 8.93. The van der Waals surface area contributed by atoms with Gasteiger partial charge in [-0.05, 0) is 19.1 Å². The number of fused-ring (bicyclic) bond motifs is 1. The molecule has 0 bridgehead atoms. The third-order valence-electron chi connectivity index (χ3n) is 2.76. The quantitative estimate of drug-likeness (QED) is 0.808. The maximum Gasteiger partial charge on any atom is 0.123 e. The molecule has 0 saturated carbocycles. The number of nitrogens with zero attached hydrogens (tertiary/aromatic N) is 2. The van der Waals surface area contributed by atoms with Crippen LogP contribution in [0.5, 0.6) is 0 Å². The Kier molecular flexibility index (Phi) is 3.22. The highest BCUT2D eigenvalue weighted by Gasteiger charge is 2.07. The molecule has 0 saturated heterocycles. The molecule has 0 aliphatic heterocycles. The summed E-state index contributed by atoms with van der Waals surface area (Å²) in [6.07, 6.45) is 0. The van der Waals surface area contributed by atoms with Gasteiger partial charge in [0.15, 0.2) is 0 Å². The minimum atomic E-state index is 0.0970. The van der Waals surface area contributed by atoms with Crippen LogP contribution in [0.4, 0.5) is 0 Å². The van der Waals surface area contributed by atoms with Crippen molar-refractivity contribution in [1.29, 1.82) is 0 Å². The van der Waals surface area contributed by atoms with Crippen LogP contribution < -0.4 is 5.32 Å². The zero-order chi connectivity index (χ0) is 11.5. The molecule has 2 rings (SSSR count). The second-order valence-electron chi connectivity index (χ2n) is 4.04. The van der Waals surface area contributed by atoms with Gasteiger partial charge in [-0.25, -0.2) is 4.98 Å². The molecular formula is C12H17N3O. The molecule has 1 aromatic heterocycles. The van der Waals surface area contributed by atoms with Crippen LogP contribution in [0.25, 0.3) is 11.0 Å².